The lowest BCUT2D eigenvalue weighted by Crippen LogP contribution is -2.34. The zero-order valence-corrected chi connectivity index (χ0v) is 11.9. The highest BCUT2D eigenvalue weighted by Gasteiger charge is 2.26. The zero-order valence-electron chi connectivity index (χ0n) is 11.1. The Labute approximate surface area is 109 Å². The molecule has 2 rings (SSSR count). The van der Waals surface area contributed by atoms with Gasteiger partial charge in [-0.25, -0.2) is 0 Å². The molecule has 0 aliphatic heterocycles. The van der Waals surface area contributed by atoms with Crippen LogP contribution in [0.15, 0.2) is 29.2 Å². The highest BCUT2D eigenvalue weighted by molar-refractivity contribution is 7.98. The van der Waals surface area contributed by atoms with Crippen molar-refractivity contribution in [2.24, 2.45) is 11.8 Å². The van der Waals surface area contributed by atoms with Crippen LogP contribution in [0.2, 0.25) is 0 Å². The number of benzene rings is 1. The van der Waals surface area contributed by atoms with E-state index in [1.165, 1.54) is 29.8 Å². The van der Waals surface area contributed by atoms with Crippen LogP contribution in [0.5, 0.6) is 0 Å². The summed E-state index contributed by atoms with van der Waals surface area (Å²) in [4.78, 5) is 1.34. The number of hydrogen-bond acceptors (Lipinski definition) is 2. The topological polar surface area (TPSA) is 12.0 Å². The third-order valence-electron chi connectivity index (χ3n) is 4.13. The highest BCUT2D eigenvalue weighted by atomic mass is 32.2. The van der Waals surface area contributed by atoms with Crippen LogP contribution in [0, 0.1) is 11.8 Å². The van der Waals surface area contributed by atoms with Gasteiger partial charge < -0.3 is 5.32 Å². The first-order valence-electron chi connectivity index (χ1n) is 6.61. The summed E-state index contributed by atoms with van der Waals surface area (Å²) in [5.74, 6) is 1.63. The summed E-state index contributed by atoms with van der Waals surface area (Å²) < 4.78 is 0. The minimum absolute atomic E-state index is 0.649. The first kappa shape index (κ1) is 12.8. The van der Waals surface area contributed by atoms with Crippen LogP contribution in [0.25, 0.3) is 0 Å². The number of anilines is 1. The van der Waals surface area contributed by atoms with Crippen LogP contribution in [-0.4, -0.2) is 12.3 Å². The molecule has 1 nitrogen and oxygen atoms in total. The van der Waals surface area contributed by atoms with Gasteiger partial charge in [0.05, 0.1) is 0 Å². The van der Waals surface area contributed by atoms with Crippen molar-refractivity contribution >= 4 is 17.4 Å². The van der Waals surface area contributed by atoms with Crippen molar-refractivity contribution in [3.63, 3.8) is 0 Å². The first-order chi connectivity index (χ1) is 8.20. The second-order valence-corrected chi connectivity index (χ2v) is 6.13. The minimum atomic E-state index is 0.649. The summed E-state index contributed by atoms with van der Waals surface area (Å²) in [5.41, 5.74) is 1.28. The van der Waals surface area contributed by atoms with Gasteiger partial charge in [0.2, 0.25) is 0 Å². The SMILES string of the molecule is CSc1cccc(NC2CCCC(C)C2C)c1. The van der Waals surface area contributed by atoms with Crippen LogP contribution in [-0.2, 0) is 0 Å². The van der Waals surface area contributed by atoms with E-state index in [2.05, 4.69) is 49.7 Å². The van der Waals surface area contributed by atoms with Crippen molar-refractivity contribution < 1.29 is 0 Å². The van der Waals surface area contributed by atoms with Crippen molar-refractivity contribution in [3.05, 3.63) is 24.3 Å². The predicted molar refractivity (Wildman–Crippen MR) is 77.8 cm³/mol. The number of rotatable bonds is 3. The maximum absolute atomic E-state index is 3.72. The molecule has 1 N–H and O–H groups in total. The fourth-order valence-corrected chi connectivity index (χ4v) is 3.17. The van der Waals surface area contributed by atoms with Crippen LogP contribution in [0.3, 0.4) is 0 Å². The van der Waals surface area contributed by atoms with Crippen molar-refractivity contribution in [1.29, 1.82) is 0 Å². The molecule has 1 aromatic carbocycles. The molecular weight excluding hydrogens is 226 g/mol. The van der Waals surface area contributed by atoms with Crippen LogP contribution in [0.4, 0.5) is 5.69 Å². The maximum Gasteiger partial charge on any atom is 0.0353 e. The highest BCUT2D eigenvalue weighted by Crippen LogP contribution is 2.32. The maximum atomic E-state index is 3.72. The lowest BCUT2D eigenvalue weighted by Gasteiger charge is -2.35. The molecule has 1 aromatic rings. The molecule has 0 aromatic heterocycles. The average molecular weight is 249 g/mol. The van der Waals surface area contributed by atoms with Gasteiger partial charge in [-0.15, -0.1) is 11.8 Å². The van der Waals surface area contributed by atoms with E-state index in [0.717, 1.165) is 11.8 Å². The zero-order chi connectivity index (χ0) is 12.3. The molecule has 1 fully saturated rings. The van der Waals surface area contributed by atoms with Gasteiger partial charge in [0.1, 0.15) is 0 Å². The van der Waals surface area contributed by atoms with Gasteiger partial charge in [0.15, 0.2) is 0 Å². The molecule has 94 valence electrons. The Kier molecular flexibility index (Phi) is 4.38. The van der Waals surface area contributed by atoms with Gasteiger partial charge in [-0.3, -0.25) is 0 Å². The third kappa shape index (κ3) is 3.19. The molecule has 0 amide bonds. The van der Waals surface area contributed by atoms with Crippen molar-refractivity contribution in [1.82, 2.24) is 0 Å². The quantitative estimate of drug-likeness (QED) is 0.783. The Hall–Kier alpha value is -0.630. The summed E-state index contributed by atoms with van der Waals surface area (Å²) in [6.07, 6.45) is 6.20. The first-order valence-corrected chi connectivity index (χ1v) is 7.84. The molecule has 0 saturated heterocycles. The van der Waals surface area contributed by atoms with Gasteiger partial charge in [0, 0.05) is 16.6 Å². The molecule has 1 saturated carbocycles. The van der Waals surface area contributed by atoms with E-state index >= 15 is 0 Å². The average Bonchev–Trinajstić information content (AvgIpc) is 2.35. The summed E-state index contributed by atoms with van der Waals surface area (Å²) in [5, 5.41) is 3.72. The lowest BCUT2D eigenvalue weighted by atomic mass is 9.78. The predicted octanol–water partition coefficient (Wildman–Crippen LogP) is 4.65. The number of thioether (sulfide) groups is 1. The van der Waals surface area contributed by atoms with E-state index < -0.39 is 0 Å². The van der Waals surface area contributed by atoms with Gasteiger partial charge >= 0.3 is 0 Å². The summed E-state index contributed by atoms with van der Waals surface area (Å²) in [6.45, 7) is 4.77. The second kappa shape index (κ2) is 5.81. The molecular formula is C15H23NS. The van der Waals surface area contributed by atoms with Crippen molar-refractivity contribution in [2.45, 2.75) is 44.0 Å². The van der Waals surface area contributed by atoms with Gasteiger partial charge in [-0.05, 0) is 42.7 Å². The van der Waals surface area contributed by atoms with E-state index in [4.69, 9.17) is 0 Å². The molecule has 0 spiro atoms. The molecule has 0 radical (unpaired) electrons. The molecule has 1 aliphatic carbocycles. The fraction of sp³-hybridized carbons (Fsp3) is 0.600. The largest absolute Gasteiger partial charge is 0.382 e. The van der Waals surface area contributed by atoms with Crippen molar-refractivity contribution in [2.75, 3.05) is 11.6 Å². The van der Waals surface area contributed by atoms with Gasteiger partial charge in [-0.1, -0.05) is 32.8 Å². The van der Waals surface area contributed by atoms with Crippen LogP contribution >= 0.6 is 11.8 Å². The molecule has 0 heterocycles. The molecule has 1 aliphatic rings. The number of hydrogen-bond donors (Lipinski definition) is 1. The van der Waals surface area contributed by atoms with E-state index in [1.807, 2.05) is 0 Å². The van der Waals surface area contributed by atoms with Crippen LogP contribution < -0.4 is 5.32 Å². The molecule has 17 heavy (non-hydrogen) atoms. The number of nitrogens with one attached hydrogen (secondary N) is 1. The molecule has 3 atom stereocenters. The minimum Gasteiger partial charge on any atom is -0.382 e. The molecule has 2 heteroatoms. The van der Waals surface area contributed by atoms with E-state index in [-0.39, 0.29) is 0 Å². The molecule has 3 unspecified atom stereocenters. The van der Waals surface area contributed by atoms with E-state index in [0.29, 0.717) is 6.04 Å². The Morgan fingerprint density at radius 2 is 2.06 bits per heavy atom. The summed E-state index contributed by atoms with van der Waals surface area (Å²) in [7, 11) is 0. The van der Waals surface area contributed by atoms with Gasteiger partial charge in [-0.2, -0.15) is 0 Å². The smallest absolute Gasteiger partial charge is 0.0353 e. The third-order valence-corrected chi connectivity index (χ3v) is 4.85. The summed E-state index contributed by atoms with van der Waals surface area (Å²) in [6, 6.07) is 9.41. The van der Waals surface area contributed by atoms with E-state index in [1.54, 1.807) is 11.8 Å². The Morgan fingerprint density at radius 1 is 1.24 bits per heavy atom. The monoisotopic (exact) mass is 249 g/mol. The Balaban J connectivity index is 2.04. The standard InChI is InChI=1S/C15H23NS/c1-11-6-4-9-15(12(11)2)16-13-7-5-8-14(10-13)17-3/h5,7-8,10-12,15-16H,4,6,9H2,1-3H3. The lowest BCUT2D eigenvalue weighted by molar-refractivity contribution is 0.253. The fourth-order valence-electron chi connectivity index (χ4n) is 2.71. The summed E-state index contributed by atoms with van der Waals surface area (Å²) >= 11 is 1.81. The molecule has 0 bridgehead atoms. The normalized spacial score (nSPS) is 29.0. The Morgan fingerprint density at radius 3 is 2.82 bits per heavy atom. The van der Waals surface area contributed by atoms with Crippen LogP contribution in [0.1, 0.15) is 33.1 Å². The second-order valence-electron chi connectivity index (χ2n) is 5.25. The van der Waals surface area contributed by atoms with Crippen molar-refractivity contribution in [3.8, 4) is 0 Å². The van der Waals surface area contributed by atoms with E-state index in [9.17, 15) is 0 Å². The Bertz CT molecular complexity index is 364. The van der Waals surface area contributed by atoms with Gasteiger partial charge in [0.25, 0.3) is 0 Å².